The molecule has 102 valence electrons. The number of hydrogen-bond donors (Lipinski definition) is 1. The number of amides is 2. The molecular weight excluding hydrogens is 250 g/mol. The number of imide groups is 1. The van der Waals surface area contributed by atoms with Crippen molar-refractivity contribution in [2.24, 2.45) is 0 Å². The van der Waals surface area contributed by atoms with Crippen LogP contribution < -0.4 is 5.32 Å². The van der Waals surface area contributed by atoms with E-state index in [2.05, 4.69) is 4.74 Å². The molecule has 0 aromatic heterocycles. The van der Waals surface area contributed by atoms with Crippen molar-refractivity contribution in [1.82, 2.24) is 5.32 Å². The van der Waals surface area contributed by atoms with E-state index < -0.39 is 24.6 Å². The molecule has 19 heavy (non-hydrogen) atoms. The molecule has 0 fully saturated rings. The molecule has 1 N–H and O–H groups in total. The van der Waals surface area contributed by atoms with Gasteiger partial charge in [0, 0.05) is 0 Å². The van der Waals surface area contributed by atoms with E-state index in [1.165, 1.54) is 0 Å². The van der Waals surface area contributed by atoms with Crippen molar-refractivity contribution < 1.29 is 23.9 Å². The topological polar surface area (TPSA) is 81.7 Å². The molecule has 0 aliphatic heterocycles. The van der Waals surface area contributed by atoms with E-state index in [9.17, 15) is 14.4 Å². The number of hydrogen-bond acceptors (Lipinski definition) is 5. The maximum absolute atomic E-state index is 11.6. The molecule has 0 unspecified atom stereocenters. The van der Waals surface area contributed by atoms with Crippen LogP contribution in [0.2, 0.25) is 0 Å². The molecule has 1 aromatic carbocycles. The van der Waals surface area contributed by atoms with Crippen molar-refractivity contribution >= 4 is 18.0 Å². The Labute approximate surface area is 110 Å². The zero-order valence-electron chi connectivity index (χ0n) is 10.8. The molecule has 1 aromatic rings. The van der Waals surface area contributed by atoms with Crippen LogP contribution in [-0.2, 0) is 14.3 Å². The molecule has 2 amide bonds. The van der Waals surface area contributed by atoms with E-state index in [1.807, 2.05) is 18.3 Å². The van der Waals surface area contributed by atoms with Crippen LogP contribution in [-0.4, -0.2) is 31.2 Å². The summed E-state index contributed by atoms with van der Waals surface area (Å²) in [5, 5.41) is 1.92. The molecule has 6 nitrogen and oxygen atoms in total. The molecule has 6 heteroatoms. The summed E-state index contributed by atoms with van der Waals surface area (Å²) < 4.78 is 9.27. The first-order chi connectivity index (χ1) is 9.02. The number of nitrogens with one attached hydrogen (secondary N) is 1. The number of aryl methyl sites for hydroxylation is 1. The predicted octanol–water partition coefficient (Wildman–Crippen LogP) is 1.42. The number of esters is 1. The minimum Gasteiger partial charge on any atom is -0.452 e. The molecule has 0 bridgehead atoms. The molecular formula is C13H15NO5. The lowest BCUT2D eigenvalue weighted by molar-refractivity contribution is -0.123. The van der Waals surface area contributed by atoms with Gasteiger partial charge >= 0.3 is 12.1 Å². The van der Waals surface area contributed by atoms with Crippen LogP contribution in [0.25, 0.3) is 0 Å². The standard InChI is InChI=1S/C13H15NO5/c1-3-18-13(17)14-11(15)8-19-12(16)10-6-4-5-9(2)7-10/h4-7H,3,8H2,1-2H3,(H,14,15,17). The van der Waals surface area contributed by atoms with Crippen molar-refractivity contribution in [1.29, 1.82) is 0 Å². The number of carbonyl (C=O) groups is 3. The van der Waals surface area contributed by atoms with E-state index in [1.54, 1.807) is 25.1 Å². The second-order valence-corrected chi connectivity index (χ2v) is 3.71. The van der Waals surface area contributed by atoms with Crippen molar-refractivity contribution in [3.05, 3.63) is 35.4 Å². The number of benzene rings is 1. The van der Waals surface area contributed by atoms with E-state index >= 15 is 0 Å². The van der Waals surface area contributed by atoms with Gasteiger partial charge in [-0.1, -0.05) is 17.7 Å². The van der Waals surface area contributed by atoms with Crippen molar-refractivity contribution in [3.63, 3.8) is 0 Å². The fourth-order valence-electron chi connectivity index (χ4n) is 1.30. The second-order valence-electron chi connectivity index (χ2n) is 3.71. The van der Waals surface area contributed by atoms with Crippen LogP contribution in [0.15, 0.2) is 24.3 Å². The summed E-state index contributed by atoms with van der Waals surface area (Å²) in [5.74, 6) is -1.36. The summed E-state index contributed by atoms with van der Waals surface area (Å²) in [4.78, 5) is 33.8. The van der Waals surface area contributed by atoms with Crippen molar-refractivity contribution in [2.45, 2.75) is 13.8 Å². The Balaban J connectivity index is 2.42. The van der Waals surface area contributed by atoms with Gasteiger partial charge in [-0.15, -0.1) is 0 Å². The lowest BCUT2D eigenvalue weighted by atomic mass is 10.1. The minimum absolute atomic E-state index is 0.155. The van der Waals surface area contributed by atoms with Crippen molar-refractivity contribution in [2.75, 3.05) is 13.2 Å². The average molecular weight is 265 g/mol. The Kier molecular flexibility index (Phi) is 5.53. The summed E-state index contributed by atoms with van der Waals surface area (Å²) in [6, 6.07) is 6.78. The van der Waals surface area contributed by atoms with Gasteiger partial charge in [-0.3, -0.25) is 10.1 Å². The van der Waals surface area contributed by atoms with Crippen molar-refractivity contribution in [3.8, 4) is 0 Å². The fourth-order valence-corrected chi connectivity index (χ4v) is 1.30. The first kappa shape index (κ1) is 14.7. The van der Waals surface area contributed by atoms with E-state index in [-0.39, 0.29) is 6.61 Å². The maximum Gasteiger partial charge on any atom is 0.413 e. The fraction of sp³-hybridized carbons (Fsp3) is 0.308. The zero-order chi connectivity index (χ0) is 14.3. The smallest absolute Gasteiger partial charge is 0.413 e. The highest BCUT2D eigenvalue weighted by Gasteiger charge is 2.12. The Morgan fingerprint density at radius 1 is 1.21 bits per heavy atom. The molecule has 0 radical (unpaired) electrons. The van der Waals surface area contributed by atoms with Gasteiger partial charge in [0.05, 0.1) is 12.2 Å². The Hall–Kier alpha value is -2.37. The highest BCUT2D eigenvalue weighted by atomic mass is 16.6. The monoisotopic (exact) mass is 265 g/mol. The lowest BCUT2D eigenvalue weighted by Gasteiger charge is -2.06. The highest BCUT2D eigenvalue weighted by molar-refractivity contribution is 5.95. The largest absolute Gasteiger partial charge is 0.452 e. The third-order valence-electron chi connectivity index (χ3n) is 2.11. The first-order valence-corrected chi connectivity index (χ1v) is 5.73. The third-order valence-corrected chi connectivity index (χ3v) is 2.11. The average Bonchev–Trinajstić information content (AvgIpc) is 2.36. The number of carbonyl (C=O) groups excluding carboxylic acids is 3. The van der Waals surface area contributed by atoms with Gasteiger partial charge in [-0.2, -0.15) is 0 Å². The quantitative estimate of drug-likeness (QED) is 0.833. The summed E-state index contributed by atoms with van der Waals surface area (Å²) in [5.41, 5.74) is 1.26. The molecule has 0 heterocycles. The van der Waals surface area contributed by atoms with Gasteiger partial charge in [-0.25, -0.2) is 9.59 Å². The molecule has 0 saturated heterocycles. The van der Waals surface area contributed by atoms with E-state index in [0.29, 0.717) is 5.56 Å². The molecule has 0 aliphatic carbocycles. The van der Waals surface area contributed by atoms with Gasteiger partial charge in [0.2, 0.25) is 0 Å². The number of alkyl carbamates (subject to hydrolysis) is 1. The lowest BCUT2D eigenvalue weighted by Crippen LogP contribution is -2.34. The molecule has 0 aliphatic rings. The summed E-state index contributed by atoms with van der Waals surface area (Å²) in [7, 11) is 0. The molecule has 0 atom stereocenters. The van der Waals surface area contributed by atoms with Gasteiger partial charge < -0.3 is 9.47 Å². The summed E-state index contributed by atoms with van der Waals surface area (Å²) >= 11 is 0. The van der Waals surface area contributed by atoms with Gasteiger partial charge in [0.25, 0.3) is 5.91 Å². The SMILES string of the molecule is CCOC(=O)NC(=O)COC(=O)c1cccc(C)c1. The van der Waals surface area contributed by atoms with Crippen LogP contribution in [0.3, 0.4) is 0 Å². The Morgan fingerprint density at radius 3 is 2.58 bits per heavy atom. The summed E-state index contributed by atoms with van der Waals surface area (Å²) in [6.45, 7) is 3.07. The maximum atomic E-state index is 11.6. The Bertz CT molecular complexity index is 484. The van der Waals surface area contributed by atoms with Gasteiger partial charge in [0.15, 0.2) is 6.61 Å². The Morgan fingerprint density at radius 2 is 1.95 bits per heavy atom. The van der Waals surface area contributed by atoms with Crippen LogP contribution >= 0.6 is 0 Å². The normalized spacial score (nSPS) is 9.58. The first-order valence-electron chi connectivity index (χ1n) is 5.73. The predicted molar refractivity (Wildman–Crippen MR) is 66.6 cm³/mol. The summed E-state index contributed by atoms with van der Waals surface area (Å²) in [6.07, 6.45) is -0.862. The van der Waals surface area contributed by atoms with E-state index in [0.717, 1.165) is 5.56 Å². The van der Waals surface area contributed by atoms with Crippen LogP contribution in [0.5, 0.6) is 0 Å². The van der Waals surface area contributed by atoms with Gasteiger partial charge in [0.1, 0.15) is 0 Å². The van der Waals surface area contributed by atoms with E-state index in [4.69, 9.17) is 4.74 Å². The molecule has 1 rings (SSSR count). The van der Waals surface area contributed by atoms with Crippen LogP contribution in [0.4, 0.5) is 4.79 Å². The minimum atomic E-state index is -0.862. The highest BCUT2D eigenvalue weighted by Crippen LogP contribution is 2.05. The number of ether oxygens (including phenoxy) is 2. The van der Waals surface area contributed by atoms with Crippen LogP contribution in [0.1, 0.15) is 22.8 Å². The molecule has 0 saturated carbocycles. The zero-order valence-corrected chi connectivity index (χ0v) is 10.8. The van der Waals surface area contributed by atoms with Crippen LogP contribution in [0, 0.1) is 6.92 Å². The number of rotatable bonds is 4. The molecule has 0 spiro atoms. The second kappa shape index (κ2) is 7.15. The van der Waals surface area contributed by atoms with Gasteiger partial charge in [-0.05, 0) is 26.0 Å². The third kappa shape index (κ3) is 5.20.